The first kappa shape index (κ1) is 16.7. The van der Waals surface area contributed by atoms with Crippen molar-refractivity contribution in [3.05, 3.63) is 35.4 Å². The summed E-state index contributed by atoms with van der Waals surface area (Å²) in [5, 5.41) is 0. The van der Waals surface area contributed by atoms with Crippen LogP contribution in [-0.4, -0.2) is 13.1 Å². The number of carbonyl (C=O) groups is 1. The summed E-state index contributed by atoms with van der Waals surface area (Å²) in [5.41, 5.74) is 1.93. The molecule has 0 aliphatic rings. The van der Waals surface area contributed by atoms with Crippen LogP contribution >= 0.6 is 0 Å². The maximum absolute atomic E-state index is 11.4. The second kappa shape index (κ2) is 8.78. The SMILES string of the molecule is CCCC(CC)CC(C)Cc1ccc(C(=O)OC)cc1. The lowest BCUT2D eigenvalue weighted by Gasteiger charge is -2.19. The Kier molecular flexibility index (Phi) is 7.35. The van der Waals surface area contributed by atoms with Crippen molar-refractivity contribution < 1.29 is 9.53 Å². The van der Waals surface area contributed by atoms with E-state index in [1.54, 1.807) is 0 Å². The molecule has 2 nitrogen and oxygen atoms in total. The van der Waals surface area contributed by atoms with Gasteiger partial charge in [-0.1, -0.05) is 52.2 Å². The molecule has 2 heteroatoms. The quantitative estimate of drug-likeness (QED) is 0.633. The second-order valence-corrected chi connectivity index (χ2v) is 5.80. The van der Waals surface area contributed by atoms with E-state index in [9.17, 15) is 4.79 Å². The number of benzene rings is 1. The van der Waals surface area contributed by atoms with Gasteiger partial charge in [-0.2, -0.15) is 0 Å². The van der Waals surface area contributed by atoms with Crippen LogP contribution in [0.3, 0.4) is 0 Å². The summed E-state index contributed by atoms with van der Waals surface area (Å²) in [6, 6.07) is 7.81. The molecule has 20 heavy (non-hydrogen) atoms. The van der Waals surface area contributed by atoms with E-state index in [1.165, 1.54) is 38.4 Å². The van der Waals surface area contributed by atoms with E-state index in [0.29, 0.717) is 11.5 Å². The normalized spacial score (nSPS) is 13.8. The molecule has 0 aromatic heterocycles. The third kappa shape index (κ3) is 5.36. The number of hydrogen-bond donors (Lipinski definition) is 0. The summed E-state index contributed by atoms with van der Waals surface area (Å²) in [7, 11) is 1.41. The molecule has 0 saturated heterocycles. The van der Waals surface area contributed by atoms with E-state index in [0.717, 1.165) is 12.3 Å². The lowest BCUT2D eigenvalue weighted by molar-refractivity contribution is 0.0600. The van der Waals surface area contributed by atoms with Gasteiger partial charge in [0.1, 0.15) is 0 Å². The number of rotatable bonds is 8. The van der Waals surface area contributed by atoms with Gasteiger partial charge < -0.3 is 4.74 Å². The van der Waals surface area contributed by atoms with Crippen molar-refractivity contribution >= 4 is 5.97 Å². The number of carbonyl (C=O) groups excluding carboxylic acids is 1. The number of esters is 1. The minimum Gasteiger partial charge on any atom is -0.465 e. The van der Waals surface area contributed by atoms with Crippen molar-refractivity contribution in [3.8, 4) is 0 Å². The Hall–Kier alpha value is -1.31. The maximum Gasteiger partial charge on any atom is 0.337 e. The average molecular weight is 276 g/mol. The third-order valence-electron chi connectivity index (χ3n) is 3.97. The fraction of sp³-hybridized carbons (Fsp3) is 0.611. The standard InChI is InChI=1S/C18H28O2/c1-5-7-15(6-2)12-14(3)13-16-8-10-17(11-9-16)18(19)20-4/h8-11,14-15H,5-7,12-13H2,1-4H3. The van der Waals surface area contributed by atoms with Gasteiger partial charge in [0.25, 0.3) is 0 Å². The molecular formula is C18H28O2. The molecule has 0 radical (unpaired) electrons. The molecule has 1 aromatic rings. The fourth-order valence-electron chi connectivity index (χ4n) is 2.85. The minimum atomic E-state index is -0.265. The molecule has 0 heterocycles. The van der Waals surface area contributed by atoms with E-state index in [1.807, 2.05) is 24.3 Å². The van der Waals surface area contributed by atoms with Crippen molar-refractivity contribution in [2.75, 3.05) is 7.11 Å². The Morgan fingerprint density at radius 2 is 1.85 bits per heavy atom. The van der Waals surface area contributed by atoms with Gasteiger partial charge in [-0.15, -0.1) is 0 Å². The van der Waals surface area contributed by atoms with Crippen LogP contribution in [0.4, 0.5) is 0 Å². The fourth-order valence-corrected chi connectivity index (χ4v) is 2.85. The predicted molar refractivity (Wildman–Crippen MR) is 84.0 cm³/mol. The second-order valence-electron chi connectivity index (χ2n) is 5.80. The number of methoxy groups -OCH3 is 1. The summed E-state index contributed by atoms with van der Waals surface area (Å²) in [5.74, 6) is 1.28. The number of hydrogen-bond acceptors (Lipinski definition) is 2. The highest BCUT2D eigenvalue weighted by Gasteiger charge is 2.12. The van der Waals surface area contributed by atoms with Crippen LogP contribution in [0, 0.1) is 11.8 Å². The molecule has 0 fully saturated rings. The highest BCUT2D eigenvalue weighted by atomic mass is 16.5. The minimum absolute atomic E-state index is 0.265. The molecule has 0 N–H and O–H groups in total. The zero-order valence-electron chi connectivity index (χ0n) is 13.3. The first-order chi connectivity index (χ1) is 9.60. The van der Waals surface area contributed by atoms with E-state index in [2.05, 4.69) is 20.8 Å². The van der Waals surface area contributed by atoms with Crippen molar-refractivity contribution in [1.29, 1.82) is 0 Å². The summed E-state index contributed by atoms with van der Waals surface area (Å²) in [6.45, 7) is 6.88. The van der Waals surface area contributed by atoms with Gasteiger partial charge in [0.2, 0.25) is 0 Å². The van der Waals surface area contributed by atoms with Gasteiger partial charge in [0.05, 0.1) is 12.7 Å². The van der Waals surface area contributed by atoms with Crippen LogP contribution in [0.15, 0.2) is 24.3 Å². The molecule has 2 unspecified atom stereocenters. The molecule has 0 aliphatic carbocycles. The molecule has 0 aliphatic heterocycles. The lowest BCUT2D eigenvalue weighted by Crippen LogP contribution is -2.08. The Balaban J connectivity index is 2.53. The van der Waals surface area contributed by atoms with Crippen molar-refractivity contribution in [2.45, 2.75) is 52.9 Å². The average Bonchev–Trinajstić information content (AvgIpc) is 2.46. The van der Waals surface area contributed by atoms with Crippen LogP contribution in [0.5, 0.6) is 0 Å². The van der Waals surface area contributed by atoms with Crippen LogP contribution in [-0.2, 0) is 11.2 Å². The molecule has 2 atom stereocenters. The molecule has 0 amide bonds. The van der Waals surface area contributed by atoms with Crippen molar-refractivity contribution in [1.82, 2.24) is 0 Å². The molecule has 112 valence electrons. The number of ether oxygens (including phenoxy) is 1. The van der Waals surface area contributed by atoms with Gasteiger partial charge in [-0.25, -0.2) is 4.79 Å². The zero-order chi connectivity index (χ0) is 15.0. The topological polar surface area (TPSA) is 26.3 Å². The largest absolute Gasteiger partial charge is 0.465 e. The van der Waals surface area contributed by atoms with E-state index >= 15 is 0 Å². The van der Waals surface area contributed by atoms with E-state index in [4.69, 9.17) is 4.74 Å². The first-order valence-electron chi connectivity index (χ1n) is 7.77. The van der Waals surface area contributed by atoms with Gasteiger partial charge in [0.15, 0.2) is 0 Å². The summed E-state index contributed by atoms with van der Waals surface area (Å²) < 4.78 is 4.71. The van der Waals surface area contributed by atoms with Gasteiger partial charge >= 0.3 is 5.97 Å². The Morgan fingerprint density at radius 1 is 1.20 bits per heavy atom. The Labute approximate surface area is 123 Å². The molecule has 0 spiro atoms. The highest BCUT2D eigenvalue weighted by molar-refractivity contribution is 5.89. The van der Waals surface area contributed by atoms with Gasteiger partial charge in [-0.3, -0.25) is 0 Å². The van der Waals surface area contributed by atoms with Crippen molar-refractivity contribution in [2.24, 2.45) is 11.8 Å². The molecular weight excluding hydrogens is 248 g/mol. The van der Waals surface area contributed by atoms with Crippen LogP contribution in [0.1, 0.15) is 62.4 Å². The molecule has 0 bridgehead atoms. The van der Waals surface area contributed by atoms with E-state index in [-0.39, 0.29) is 5.97 Å². The zero-order valence-corrected chi connectivity index (χ0v) is 13.3. The predicted octanol–water partition coefficient (Wildman–Crippen LogP) is 4.87. The molecule has 1 aromatic carbocycles. The molecule has 0 saturated carbocycles. The molecule has 1 rings (SSSR count). The van der Waals surface area contributed by atoms with E-state index < -0.39 is 0 Å². The van der Waals surface area contributed by atoms with Crippen LogP contribution in [0.2, 0.25) is 0 Å². The summed E-state index contributed by atoms with van der Waals surface area (Å²) >= 11 is 0. The monoisotopic (exact) mass is 276 g/mol. The first-order valence-corrected chi connectivity index (χ1v) is 7.77. The Morgan fingerprint density at radius 3 is 2.35 bits per heavy atom. The summed E-state index contributed by atoms with van der Waals surface area (Å²) in [4.78, 5) is 11.4. The maximum atomic E-state index is 11.4. The van der Waals surface area contributed by atoms with Crippen LogP contribution in [0.25, 0.3) is 0 Å². The highest BCUT2D eigenvalue weighted by Crippen LogP contribution is 2.23. The van der Waals surface area contributed by atoms with Gasteiger partial charge in [-0.05, 0) is 42.4 Å². The van der Waals surface area contributed by atoms with Crippen LogP contribution < -0.4 is 0 Å². The third-order valence-corrected chi connectivity index (χ3v) is 3.97. The van der Waals surface area contributed by atoms with Crippen molar-refractivity contribution in [3.63, 3.8) is 0 Å². The lowest BCUT2D eigenvalue weighted by atomic mass is 9.87. The smallest absolute Gasteiger partial charge is 0.337 e. The Bertz CT molecular complexity index is 394. The summed E-state index contributed by atoms with van der Waals surface area (Å²) in [6.07, 6.45) is 6.27. The van der Waals surface area contributed by atoms with Gasteiger partial charge in [0, 0.05) is 0 Å².